The van der Waals surface area contributed by atoms with Crippen LogP contribution in [0.25, 0.3) is 21.8 Å². The standard InChI is InChI=1S/C23H26BrN3O3.2H2S/c1-22(2,3)30-21(28)27-12-23(8-9-29-13-23)11-18(27)20-25-17-7-4-14-10-15(24)5-6-16(14)19(17)26-20;;/h4-7,10,18H,8-9,11-13H2,1-3H3,(H,25,26);2*1H2/t18-,23+;;/m0../s1. The van der Waals surface area contributed by atoms with Gasteiger partial charge in [-0.1, -0.05) is 28.1 Å². The van der Waals surface area contributed by atoms with E-state index in [1.165, 1.54) is 0 Å². The van der Waals surface area contributed by atoms with E-state index in [-0.39, 0.29) is 44.5 Å². The third kappa shape index (κ3) is 4.62. The summed E-state index contributed by atoms with van der Waals surface area (Å²) >= 11 is 3.54. The van der Waals surface area contributed by atoms with Crippen LogP contribution in [-0.4, -0.2) is 46.3 Å². The summed E-state index contributed by atoms with van der Waals surface area (Å²) in [7, 11) is 0. The molecule has 6 nitrogen and oxygen atoms in total. The van der Waals surface area contributed by atoms with Crippen molar-refractivity contribution in [3.63, 3.8) is 0 Å². The van der Waals surface area contributed by atoms with Crippen molar-refractivity contribution in [3.05, 3.63) is 40.6 Å². The first kappa shape index (κ1) is 25.2. The molecular weight excluding hydrogens is 510 g/mol. The molecule has 5 rings (SSSR count). The van der Waals surface area contributed by atoms with Crippen LogP contribution in [0.5, 0.6) is 0 Å². The van der Waals surface area contributed by atoms with E-state index in [1.54, 1.807) is 0 Å². The normalized spacial score (nSPS) is 22.9. The van der Waals surface area contributed by atoms with Crippen molar-refractivity contribution in [2.24, 2.45) is 5.41 Å². The molecule has 0 aliphatic carbocycles. The second-order valence-electron chi connectivity index (χ2n) is 9.58. The van der Waals surface area contributed by atoms with E-state index in [4.69, 9.17) is 14.5 Å². The van der Waals surface area contributed by atoms with Crippen molar-refractivity contribution in [1.29, 1.82) is 0 Å². The van der Waals surface area contributed by atoms with Crippen LogP contribution in [0.1, 0.15) is 45.5 Å². The van der Waals surface area contributed by atoms with Crippen LogP contribution in [0.3, 0.4) is 0 Å². The highest BCUT2D eigenvalue weighted by atomic mass is 79.9. The number of hydrogen-bond donors (Lipinski definition) is 1. The Balaban J connectivity index is 0.00000144. The molecule has 1 N–H and O–H groups in total. The quantitative estimate of drug-likeness (QED) is 0.424. The summed E-state index contributed by atoms with van der Waals surface area (Å²) in [6.07, 6.45) is 1.50. The number of halogens is 1. The number of nitrogens with zero attached hydrogens (tertiary/aromatic N) is 2. The molecule has 2 fully saturated rings. The van der Waals surface area contributed by atoms with Gasteiger partial charge in [-0.2, -0.15) is 27.0 Å². The van der Waals surface area contributed by atoms with Gasteiger partial charge >= 0.3 is 6.09 Å². The van der Waals surface area contributed by atoms with E-state index in [9.17, 15) is 4.79 Å². The third-order valence-electron chi connectivity index (χ3n) is 6.09. The molecule has 9 heteroatoms. The molecule has 2 saturated heterocycles. The van der Waals surface area contributed by atoms with E-state index < -0.39 is 5.60 Å². The summed E-state index contributed by atoms with van der Waals surface area (Å²) in [6.45, 7) is 7.76. The molecule has 2 aliphatic heterocycles. The van der Waals surface area contributed by atoms with Gasteiger partial charge in [0.1, 0.15) is 11.4 Å². The lowest BCUT2D eigenvalue weighted by atomic mass is 9.85. The summed E-state index contributed by atoms with van der Waals surface area (Å²) < 4.78 is 12.5. The Morgan fingerprint density at radius 1 is 1.28 bits per heavy atom. The zero-order valence-corrected chi connectivity index (χ0v) is 22.1. The van der Waals surface area contributed by atoms with Crippen LogP contribution in [0, 0.1) is 5.41 Å². The third-order valence-corrected chi connectivity index (χ3v) is 6.58. The number of likely N-dealkylation sites (tertiary alicyclic amines) is 1. The van der Waals surface area contributed by atoms with Gasteiger partial charge in [0.15, 0.2) is 0 Å². The lowest BCUT2D eigenvalue weighted by Gasteiger charge is -2.28. The molecule has 1 amide bonds. The molecule has 174 valence electrons. The molecule has 2 aliphatic rings. The van der Waals surface area contributed by atoms with Crippen LogP contribution in [0.4, 0.5) is 4.79 Å². The molecule has 1 aromatic heterocycles. The monoisotopic (exact) mass is 539 g/mol. The van der Waals surface area contributed by atoms with Gasteiger partial charge in [-0.05, 0) is 57.2 Å². The summed E-state index contributed by atoms with van der Waals surface area (Å²) in [6, 6.07) is 10.2. The van der Waals surface area contributed by atoms with Crippen molar-refractivity contribution in [1.82, 2.24) is 14.9 Å². The van der Waals surface area contributed by atoms with Crippen LogP contribution < -0.4 is 0 Å². The molecule has 0 bridgehead atoms. The van der Waals surface area contributed by atoms with Gasteiger partial charge < -0.3 is 14.5 Å². The number of amides is 1. The number of aromatic nitrogens is 2. The molecule has 3 aromatic rings. The van der Waals surface area contributed by atoms with Gasteiger partial charge in [0.05, 0.1) is 23.7 Å². The smallest absolute Gasteiger partial charge is 0.410 e. The lowest BCUT2D eigenvalue weighted by molar-refractivity contribution is 0.0201. The first-order valence-electron chi connectivity index (χ1n) is 10.4. The maximum atomic E-state index is 13.1. The van der Waals surface area contributed by atoms with Gasteiger partial charge in [-0.15, -0.1) is 0 Å². The molecule has 32 heavy (non-hydrogen) atoms. The number of benzene rings is 2. The van der Waals surface area contributed by atoms with Crippen LogP contribution in [-0.2, 0) is 9.47 Å². The largest absolute Gasteiger partial charge is 0.444 e. The van der Waals surface area contributed by atoms with Gasteiger partial charge in [-0.25, -0.2) is 9.78 Å². The molecule has 2 atom stereocenters. The fourth-order valence-corrected chi connectivity index (χ4v) is 5.08. The highest BCUT2D eigenvalue weighted by Gasteiger charge is 2.50. The van der Waals surface area contributed by atoms with Crippen molar-refractivity contribution in [2.45, 2.75) is 45.3 Å². The molecule has 0 radical (unpaired) electrons. The minimum atomic E-state index is -0.541. The molecule has 1 spiro atoms. The van der Waals surface area contributed by atoms with Crippen molar-refractivity contribution in [3.8, 4) is 0 Å². The van der Waals surface area contributed by atoms with Gasteiger partial charge in [-0.3, -0.25) is 4.90 Å². The Morgan fingerprint density at radius 2 is 2.06 bits per heavy atom. The number of carbonyl (C=O) groups is 1. The van der Waals surface area contributed by atoms with Crippen LogP contribution in [0.15, 0.2) is 34.8 Å². The lowest BCUT2D eigenvalue weighted by Crippen LogP contribution is -2.38. The van der Waals surface area contributed by atoms with Gasteiger partial charge in [0, 0.05) is 28.4 Å². The number of rotatable bonds is 1. The van der Waals surface area contributed by atoms with E-state index in [2.05, 4.69) is 45.2 Å². The molecule has 3 heterocycles. The SMILES string of the molecule is CC(C)(C)OC(=O)N1C[C@@]2(CCOC2)C[C@H]1c1nc2c(ccc3cc(Br)ccc32)[nH]1.S.S. The average Bonchev–Trinajstić information content (AvgIpc) is 3.38. The number of carbonyl (C=O) groups excluding carboxylic acids is 1. The highest BCUT2D eigenvalue weighted by Crippen LogP contribution is 2.48. The summed E-state index contributed by atoms with van der Waals surface area (Å²) in [5.41, 5.74) is 1.35. The van der Waals surface area contributed by atoms with Gasteiger partial charge in [0.2, 0.25) is 0 Å². The number of nitrogens with one attached hydrogen (secondary N) is 1. The molecular formula is C23H30BrN3O3S2. The number of aromatic amines is 1. The Labute approximate surface area is 210 Å². The number of fused-ring (bicyclic) bond motifs is 3. The first-order chi connectivity index (χ1) is 14.2. The maximum absolute atomic E-state index is 13.1. The molecule has 0 saturated carbocycles. The summed E-state index contributed by atoms with van der Waals surface area (Å²) in [4.78, 5) is 23.4. The number of H-pyrrole nitrogens is 1. The summed E-state index contributed by atoms with van der Waals surface area (Å²) in [5, 5.41) is 2.23. The predicted molar refractivity (Wildman–Crippen MR) is 140 cm³/mol. The zero-order chi connectivity index (χ0) is 21.1. The van der Waals surface area contributed by atoms with E-state index in [1.807, 2.05) is 31.7 Å². The summed E-state index contributed by atoms with van der Waals surface area (Å²) in [5.74, 6) is 0.815. The first-order valence-corrected chi connectivity index (χ1v) is 11.2. The van der Waals surface area contributed by atoms with Crippen LogP contribution >= 0.6 is 42.9 Å². The minimum absolute atomic E-state index is 0. The van der Waals surface area contributed by atoms with Crippen molar-refractivity contribution >= 4 is 70.8 Å². The zero-order valence-electron chi connectivity index (χ0n) is 18.5. The van der Waals surface area contributed by atoms with Crippen LogP contribution in [0.2, 0.25) is 0 Å². The topological polar surface area (TPSA) is 67.4 Å². The second-order valence-corrected chi connectivity index (χ2v) is 10.5. The van der Waals surface area contributed by atoms with E-state index in [0.29, 0.717) is 13.2 Å². The Kier molecular flexibility index (Phi) is 7.15. The van der Waals surface area contributed by atoms with Crippen molar-refractivity contribution in [2.75, 3.05) is 19.8 Å². The minimum Gasteiger partial charge on any atom is -0.444 e. The molecule has 0 unspecified atom stereocenters. The van der Waals surface area contributed by atoms with E-state index in [0.717, 1.165) is 51.6 Å². The van der Waals surface area contributed by atoms with Gasteiger partial charge in [0.25, 0.3) is 0 Å². The number of hydrogen-bond acceptors (Lipinski definition) is 4. The fraction of sp³-hybridized carbons (Fsp3) is 0.478. The second kappa shape index (κ2) is 9.08. The maximum Gasteiger partial charge on any atom is 0.410 e. The Hall–Kier alpha value is -1.42. The Morgan fingerprint density at radius 3 is 2.75 bits per heavy atom. The van der Waals surface area contributed by atoms with E-state index >= 15 is 0 Å². The average molecular weight is 541 g/mol. The molecule has 2 aromatic carbocycles. The Bertz CT molecular complexity index is 1140. The fourth-order valence-electron chi connectivity index (χ4n) is 4.70. The van der Waals surface area contributed by atoms with Crippen molar-refractivity contribution < 1.29 is 14.3 Å². The highest BCUT2D eigenvalue weighted by molar-refractivity contribution is 9.10. The number of ether oxygens (including phenoxy) is 2. The predicted octanol–water partition coefficient (Wildman–Crippen LogP) is 5.79. The number of imidazole rings is 1.